The minimum absolute atomic E-state index is 0.469. The fourth-order valence-electron chi connectivity index (χ4n) is 1.26. The van der Waals surface area contributed by atoms with Crippen LogP contribution in [0.3, 0.4) is 0 Å². The molecule has 0 atom stereocenters. The first kappa shape index (κ1) is 7.09. The van der Waals surface area contributed by atoms with Gasteiger partial charge >= 0.3 is 0 Å². The van der Waals surface area contributed by atoms with E-state index in [4.69, 9.17) is 5.73 Å². The summed E-state index contributed by atoms with van der Waals surface area (Å²) in [5.74, 6) is 0.469. The first-order chi connectivity index (χ1) is 5.81. The van der Waals surface area contributed by atoms with Gasteiger partial charge in [0.15, 0.2) is 5.65 Å². The van der Waals surface area contributed by atoms with Crippen LogP contribution in [0.15, 0.2) is 18.3 Å². The molecule has 0 saturated heterocycles. The maximum Gasteiger partial charge on any atom is 0.162 e. The lowest BCUT2D eigenvalue weighted by Gasteiger charge is -1.97. The van der Waals surface area contributed by atoms with Crippen molar-refractivity contribution in [3.63, 3.8) is 0 Å². The van der Waals surface area contributed by atoms with Crippen LogP contribution in [0.4, 0.5) is 5.82 Å². The lowest BCUT2D eigenvalue weighted by Crippen LogP contribution is -1.97. The molecule has 0 aliphatic rings. The molecule has 4 nitrogen and oxygen atoms in total. The summed E-state index contributed by atoms with van der Waals surface area (Å²) in [6.07, 6.45) is 1.98. The van der Waals surface area contributed by atoms with Crippen molar-refractivity contribution in [2.75, 3.05) is 5.73 Å². The minimum atomic E-state index is 0.469. The Hall–Kier alpha value is -1.58. The Morgan fingerprint density at radius 1 is 1.50 bits per heavy atom. The van der Waals surface area contributed by atoms with Crippen molar-refractivity contribution in [3.8, 4) is 0 Å². The second-order valence-corrected chi connectivity index (χ2v) is 2.65. The van der Waals surface area contributed by atoms with Crippen molar-refractivity contribution in [2.24, 2.45) is 0 Å². The van der Waals surface area contributed by atoms with Crippen LogP contribution < -0.4 is 5.73 Å². The van der Waals surface area contributed by atoms with Crippen molar-refractivity contribution in [1.82, 2.24) is 14.8 Å². The van der Waals surface area contributed by atoms with Gasteiger partial charge in [-0.25, -0.2) is 0 Å². The molecule has 0 radical (unpaired) electrons. The number of anilines is 1. The van der Waals surface area contributed by atoms with Crippen LogP contribution in [-0.4, -0.2) is 14.8 Å². The molecular formula is C8H10N4. The molecule has 2 aromatic rings. The van der Waals surface area contributed by atoms with E-state index in [1.165, 1.54) is 0 Å². The fraction of sp³-hybridized carbons (Fsp3) is 0.250. The van der Waals surface area contributed by atoms with Gasteiger partial charge in [-0.3, -0.25) is 0 Å². The maximum absolute atomic E-state index is 5.49. The predicted octanol–water partition coefficient (Wildman–Crippen LogP) is 1.03. The van der Waals surface area contributed by atoms with E-state index in [9.17, 15) is 0 Å². The average molecular weight is 162 g/mol. The second-order valence-electron chi connectivity index (χ2n) is 2.65. The topological polar surface area (TPSA) is 56.7 Å². The molecule has 0 saturated carbocycles. The third-order valence-corrected chi connectivity index (χ3v) is 1.87. The van der Waals surface area contributed by atoms with Crippen LogP contribution >= 0.6 is 0 Å². The Kier molecular flexibility index (Phi) is 1.46. The van der Waals surface area contributed by atoms with Crippen molar-refractivity contribution < 1.29 is 0 Å². The Morgan fingerprint density at radius 3 is 3.08 bits per heavy atom. The highest BCUT2D eigenvalue weighted by molar-refractivity contribution is 5.77. The van der Waals surface area contributed by atoms with E-state index < -0.39 is 0 Å². The molecule has 0 amide bonds. The molecule has 0 aliphatic heterocycles. The summed E-state index contributed by atoms with van der Waals surface area (Å²) in [5, 5.41) is 8.84. The lowest BCUT2D eigenvalue weighted by atomic mass is 10.4. The molecule has 2 N–H and O–H groups in total. The highest BCUT2D eigenvalue weighted by Gasteiger charge is 2.00. The summed E-state index contributed by atoms with van der Waals surface area (Å²) in [6.45, 7) is 2.97. The number of fused-ring (bicyclic) bond motifs is 1. The van der Waals surface area contributed by atoms with Crippen molar-refractivity contribution in [1.29, 1.82) is 0 Å². The first-order valence-corrected chi connectivity index (χ1v) is 3.89. The highest BCUT2D eigenvalue weighted by Crippen LogP contribution is 2.13. The number of rotatable bonds is 1. The van der Waals surface area contributed by atoms with E-state index in [2.05, 4.69) is 17.1 Å². The van der Waals surface area contributed by atoms with Gasteiger partial charge in [0.25, 0.3) is 0 Å². The molecule has 2 rings (SSSR count). The van der Waals surface area contributed by atoms with Gasteiger partial charge in [0.05, 0.1) is 0 Å². The van der Waals surface area contributed by atoms with E-state index in [0.717, 1.165) is 17.6 Å². The first-order valence-electron chi connectivity index (χ1n) is 3.89. The van der Waals surface area contributed by atoms with Crippen LogP contribution in [0.1, 0.15) is 6.92 Å². The van der Waals surface area contributed by atoms with Gasteiger partial charge in [0.1, 0.15) is 5.82 Å². The summed E-state index contributed by atoms with van der Waals surface area (Å²) in [6, 6.07) is 3.82. The van der Waals surface area contributed by atoms with Gasteiger partial charge in [-0.2, -0.15) is 0 Å². The normalized spacial score (nSPS) is 10.8. The summed E-state index contributed by atoms with van der Waals surface area (Å²) in [7, 11) is 0. The molecule has 0 unspecified atom stereocenters. The second kappa shape index (κ2) is 2.48. The van der Waals surface area contributed by atoms with E-state index in [1.807, 2.05) is 22.9 Å². The number of aryl methyl sites for hydroxylation is 1. The van der Waals surface area contributed by atoms with E-state index in [-0.39, 0.29) is 0 Å². The van der Waals surface area contributed by atoms with E-state index in [0.29, 0.717) is 5.82 Å². The quantitative estimate of drug-likeness (QED) is 0.681. The summed E-state index contributed by atoms with van der Waals surface area (Å²) >= 11 is 0. The standard InChI is InChI=1S/C8H10N4/c1-2-12-4-3-6-5-7(9)10-11-8(6)12/h3-5H,2H2,1H3,(H2,9,10). The number of hydrogen-bond acceptors (Lipinski definition) is 3. The zero-order chi connectivity index (χ0) is 8.55. The van der Waals surface area contributed by atoms with Gasteiger partial charge in [-0.15, -0.1) is 10.2 Å². The molecule has 0 aromatic carbocycles. The molecule has 0 fully saturated rings. The zero-order valence-electron chi connectivity index (χ0n) is 6.86. The Morgan fingerprint density at radius 2 is 2.33 bits per heavy atom. The van der Waals surface area contributed by atoms with E-state index >= 15 is 0 Å². The molecule has 0 bridgehead atoms. The third kappa shape index (κ3) is 0.922. The summed E-state index contributed by atoms with van der Waals surface area (Å²) < 4.78 is 2.03. The van der Waals surface area contributed by atoms with Gasteiger partial charge in [0.2, 0.25) is 0 Å². The molecule has 2 aromatic heterocycles. The smallest absolute Gasteiger partial charge is 0.162 e. The molecule has 0 aliphatic carbocycles. The molecular weight excluding hydrogens is 152 g/mol. The number of nitrogens with zero attached hydrogens (tertiary/aromatic N) is 3. The zero-order valence-corrected chi connectivity index (χ0v) is 6.86. The number of aromatic nitrogens is 3. The minimum Gasteiger partial charge on any atom is -0.382 e. The molecule has 0 spiro atoms. The Balaban J connectivity index is 2.73. The third-order valence-electron chi connectivity index (χ3n) is 1.87. The lowest BCUT2D eigenvalue weighted by molar-refractivity contribution is 0.779. The van der Waals surface area contributed by atoms with Crippen LogP contribution in [0, 0.1) is 0 Å². The Labute approximate surface area is 70.0 Å². The van der Waals surface area contributed by atoms with Crippen LogP contribution in [0.2, 0.25) is 0 Å². The van der Waals surface area contributed by atoms with Crippen LogP contribution in [-0.2, 0) is 6.54 Å². The predicted molar refractivity (Wildman–Crippen MR) is 47.6 cm³/mol. The van der Waals surface area contributed by atoms with Gasteiger partial charge in [-0.05, 0) is 19.1 Å². The number of hydrogen-bond donors (Lipinski definition) is 1. The highest BCUT2D eigenvalue weighted by atomic mass is 15.2. The molecule has 12 heavy (non-hydrogen) atoms. The SMILES string of the molecule is CCn1ccc2cc(N)nnc21. The van der Waals surface area contributed by atoms with Crippen LogP contribution in [0.5, 0.6) is 0 Å². The van der Waals surface area contributed by atoms with Crippen molar-refractivity contribution in [3.05, 3.63) is 18.3 Å². The number of nitrogen functional groups attached to an aromatic ring is 1. The van der Waals surface area contributed by atoms with Crippen molar-refractivity contribution in [2.45, 2.75) is 13.5 Å². The van der Waals surface area contributed by atoms with Crippen LogP contribution in [0.25, 0.3) is 11.0 Å². The maximum atomic E-state index is 5.49. The van der Waals surface area contributed by atoms with Crippen molar-refractivity contribution >= 4 is 16.9 Å². The monoisotopic (exact) mass is 162 g/mol. The Bertz CT molecular complexity index is 404. The van der Waals surface area contributed by atoms with Gasteiger partial charge in [0, 0.05) is 18.1 Å². The van der Waals surface area contributed by atoms with Gasteiger partial charge < -0.3 is 10.3 Å². The fourth-order valence-corrected chi connectivity index (χ4v) is 1.26. The largest absolute Gasteiger partial charge is 0.382 e. The van der Waals surface area contributed by atoms with E-state index in [1.54, 1.807) is 0 Å². The summed E-state index contributed by atoms with van der Waals surface area (Å²) in [4.78, 5) is 0. The molecule has 4 heteroatoms. The summed E-state index contributed by atoms with van der Waals surface area (Å²) in [5.41, 5.74) is 6.39. The molecule has 2 heterocycles. The molecule has 62 valence electrons. The van der Waals surface area contributed by atoms with Gasteiger partial charge in [-0.1, -0.05) is 0 Å². The average Bonchev–Trinajstić information content (AvgIpc) is 2.46. The number of nitrogens with two attached hydrogens (primary N) is 1.